The molecule has 0 atom stereocenters. The van der Waals surface area contributed by atoms with Crippen LogP contribution in [-0.4, -0.2) is 37.8 Å². The number of nitrogens with zero attached hydrogens (tertiary/aromatic N) is 2. The molecule has 2 aromatic heterocycles. The number of aryl methyl sites for hydroxylation is 1. The maximum atomic E-state index is 11.9. The highest BCUT2D eigenvalue weighted by Gasteiger charge is 2.21. The number of rotatable bonds is 8. The van der Waals surface area contributed by atoms with Crippen LogP contribution in [0.4, 0.5) is 0 Å². The zero-order valence-electron chi connectivity index (χ0n) is 15.0. The first-order chi connectivity index (χ1) is 12.9. The second kappa shape index (κ2) is 8.20. The third kappa shape index (κ3) is 4.74. The zero-order valence-corrected chi connectivity index (χ0v) is 16.7. The van der Waals surface area contributed by atoms with Gasteiger partial charge in [0.05, 0.1) is 15.2 Å². The summed E-state index contributed by atoms with van der Waals surface area (Å²) in [6.07, 6.45) is 1.61. The highest BCUT2D eigenvalue weighted by atomic mass is 32.2. The molecule has 0 saturated heterocycles. The van der Waals surface area contributed by atoms with Gasteiger partial charge >= 0.3 is 5.97 Å². The molecular weight excluding hydrogens is 388 g/mol. The summed E-state index contributed by atoms with van der Waals surface area (Å²) in [4.78, 5) is 16.4. The molecule has 144 valence electrons. The minimum Gasteiger partial charge on any atom is -0.457 e. The summed E-state index contributed by atoms with van der Waals surface area (Å²) in [5.74, 6) is -0.0699. The molecule has 27 heavy (non-hydrogen) atoms. The lowest BCUT2D eigenvalue weighted by Gasteiger charge is -2.07. The average Bonchev–Trinajstić information content (AvgIpc) is 3.26. The molecule has 0 amide bonds. The van der Waals surface area contributed by atoms with Crippen molar-refractivity contribution in [3.05, 3.63) is 47.2 Å². The summed E-state index contributed by atoms with van der Waals surface area (Å²) in [6.45, 7) is -0.0943. The van der Waals surface area contributed by atoms with Crippen molar-refractivity contribution < 1.29 is 22.4 Å². The normalized spacial score (nSPS) is 12.0. The summed E-state index contributed by atoms with van der Waals surface area (Å²) in [6, 6.07) is 10.8. The van der Waals surface area contributed by atoms with Crippen LogP contribution in [0.1, 0.15) is 23.6 Å². The Bertz CT molecular complexity index is 1000. The van der Waals surface area contributed by atoms with E-state index in [0.717, 1.165) is 19.5 Å². The second-order valence-corrected chi connectivity index (χ2v) is 9.30. The number of hydrogen-bond donors (Lipinski definition) is 0. The summed E-state index contributed by atoms with van der Waals surface area (Å²) < 4.78 is 36.5. The number of aromatic nitrogens is 1. The molecule has 0 aliphatic heterocycles. The number of ether oxygens (including phenoxy) is 1. The lowest BCUT2D eigenvalue weighted by Crippen LogP contribution is -2.21. The van der Waals surface area contributed by atoms with Gasteiger partial charge in [0.1, 0.15) is 12.4 Å². The van der Waals surface area contributed by atoms with E-state index in [4.69, 9.17) is 9.15 Å². The fourth-order valence-corrected chi connectivity index (χ4v) is 4.21. The number of fused-ring (bicyclic) bond motifs is 1. The van der Waals surface area contributed by atoms with Crippen molar-refractivity contribution in [2.24, 2.45) is 0 Å². The van der Waals surface area contributed by atoms with Crippen LogP contribution in [0, 0.1) is 0 Å². The predicted molar refractivity (Wildman–Crippen MR) is 102 cm³/mol. The Morgan fingerprint density at radius 2 is 2.00 bits per heavy atom. The molecular formula is C18H20N2O5S2. The van der Waals surface area contributed by atoms with E-state index in [2.05, 4.69) is 4.98 Å². The second-order valence-electron chi connectivity index (χ2n) is 6.10. The molecule has 7 nitrogen and oxygen atoms in total. The van der Waals surface area contributed by atoms with E-state index in [1.807, 2.05) is 24.3 Å². The number of furan rings is 1. The summed E-state index contributed by atoms with van der Waals surface area (Å²) >= 11 is 1.63. The first-order valence-electron chi connectivity index (χ1n) is 8.37. The number of carbonyl (C=O) groups excluding carboxylic acids is 1. The predicted octanol–water partition coefficient (Wildman–Crippen LogP) is 3.21. The molecule has 0 N–H and O–H groups in total. The van der Waals surface area contributed by atoms with Crippen molar-refractivity contribution in [3.8, 4) is 0 Å². The van der Waals surface area contributed by atoms with Crippen LogP contribution < -0.4 is 0 Å². The third-order valence-electron chi connectivity index (χ3n) is 3.86. The molecule has 0 bridgehead atoms. The average molecular weight is 409 g/mol. The first kappa shape index (κ1) is 19.5. The van der Waals surface area contributed by atoms with Gasteiger partial charge in [-0.25, -0.2) is 17.7 Å². The van der Waals surface area contributed by atoms with E-state index in [-0.39, 0.29) is 29.8 Å². The Labute approximate surface area is 161 Å². The number of benzene rings is 1. The molecule has 0 saturated carbocycles. The molecule has 0 fully saturated rings. The van der Waals surface area contributed by atoms with Crippen molar-refractivity contribution in [2.75, 3.05) is 14.1 Å². The lowest BCUT2D eigenvalue weighted by molar-refractivity contribution is -0.145. The molecule has 1 aromatic carbocycles. The molecule has 9 heteroatoms. The van der Waals surface area contributed by atoms with Crippen LogP contribution in [0.2, 0.25) is 0 Å². The van der Waals surface area contributed by atoms with E-state index >= 15 is 0 Å². The summed E-state index contributed by atoms with van der Waals surface area (Å²) in [5.41, 5.74) is 0.973. The molecule has 2 heterocycles. The number of sulfonamides is 1. The van der Waals surface area contributed by atoms with Gasteiger partial charge in [-0.15, -0.1) is 11.3 Å². The van der Waals surface area contributed by atoms with Crippen molar-refractivity contribution in [1.82, 2.24) is 9.29 Å². The highest BCUT2D eigenvalue weighted by molar-refractivity contribution is 7.88. The van der Waals surface area contributed by atoms with Crippen LogP contribution in [-0.2, 0) is 32.6 Å². The maximum absolute atomic E-state index is 11.9. The smallest absolute Gasteiger partial charge is 0.306 e. The van der Waals surface area contributed by atoms with Gasteiger partial charge in [-0.05, 0) is 37.1 Å². The van der Waals surface area contributed by atoms with Gasteiger partial charge in [0, 0.05) is 20.5 Å². The van der Waals surface area contributed by atoms with Crippen LogP contribution in [0.15, 0.2) is 45.9 Å². The standard InChI is InChI=1S/C18H20N2O5S2/c1-20(2)27(22,23)18-11-10-13(25-18)12-24-17(21)9-5-8-16-19-14-6-3-4-7-15(14)26-16/h3-4,6-7,10-11H,5,8-9,12H2,1-2H3. The van der Waals surface area contributed by atoms with E-state index in [1.165, 1.54) is 26.2 Å². The number of hydrogen-bond acceptors (Lipinski definition) is 7. The first-order valence-corrected chi connectivity index (χ1v) is 10.6. The van der Waals surface area contributed by atoms with Gasteiger partial charge in [-0.1, -0.05) is 12.1 Å². The number of para-hydroxylation sites is 1. The van der Waals surface area contributed by atoms with E-state index in [0.29, 0.717) is 12.8 Å². The van der Waals surface area contributed by atoms with Gasteiger partial charge < -0.3 is 9.15 Å². The van der Waals surface area contributed by atoms with E-state index in [9.17, 15) is 13.2 Å². The number of thiazole rings is 1. The Morgan fingerprint density at radius 1 is 1.22 bits per heavy atom. The van der Waals surface area contributed by atoms with Crippen molar-refractivity contribution in [1.29, 1.82) is 0 Å². The van der Waals surface area contributed by atoms with Gasteiger partial charge in [0.2, 0.25) is 5.09 Å². The Hall–Kier alpha value is -2.23. The van der Waals surface area contributed by atoms with Gasteiger partial charge in [-0.2, -0.15) is 0 Å². The number of esters is 1. The van der Waals surface area contributed by atoms with Crippen LogP contribution >= 0.6 is 11.3 Å². The minimum absolute atomic E-state index is 0.0943. The highest BCUT2D eigenvalue weighted by Crippen LogP contribution is 2.23. The molecule has 3 rings (SSSR count). The van der Waals surface area contributed by atoms with Gasteiger partial charge in [-0.3, -0.25) is 4.79 Å². The third-order valence-corrected chi connectivity index (χ3v) is 6.64. The Morgan fingerprint density at radius 3 is 2.74 bits per heavy atom. The zero-order chi connectivity index (χ0) is 19.4. The molecule has 0 radical (unpaired) electrons. The molecule has 3 aromatic rings. The van der Waals surface area contributed by atoms with Crippen molar-refractivity contribution >= 4 is 37.5 Å². The van der Waals surface area contributed by atoms with Gasteiger partial charge in [0.25, 0.3) is 10.0 Å². The van der Waals surface area contributed by atoms with Gasteiger partial charge in [0.15, 0.2) is 0 Å². The van der Waals surface area contributed by atoms with Crippen LogP contribution in [0.3, 0.4) is 0 Å². The summed E-state index contributed by atoms with van der Waals surface area (Å²) in [5, 5.41) is 0.822. The monoisotopic (exact) mass is 408 g/mol. The minimum atomic E-state index is -3.63. The largest absolute Gasteiger partial charge is 0.457 e. The van der Waals surface area contributed by atoms with E-state index in [1.54, 1.807) is 11.3 Å². The fourth-order valence-electron chi connectivity index (χ4n) is 2.39. The van der Waals surface area contributed by atoms with E-state index < -0.39 is 10.0 Å². The Kier molecular flexibility index (Phi) is 5.93. The topological polar surface area (TPSA) is 89.7 Å². The van der Waals surface area contributed by atoms with Crippen molar-refractivity contribution in [2.45, 2.75) is 31.0 Å². The number of carbonyl (C=O) groups is 1. The lowest BCUT2D eigenvalue weighted by atomic mass is 10.2. The molecule has 0 aliphatic carbocycles. The molecule has 0 aliphatic rings. The van der Waals surface area contributed by atoms with Crippen LogP contribution in [0.5, 0.6) is 0 Å². The molecule has 0 unspecified atom stereocenters. The molecule has 0 spiro atoms. The van der Waals surface area contributed by atoms with Crippen LogP contribution in [0.25, 0.3) is 10.2 Å². The van der Waals surface area contributed by atoms with Crippen molar-refractivity contribution in [3.63, 3.8) is 0 Å². The Balaban J connectivity index is 1.45. The quantitative estimate of drug-likeness (QED) is 0.532. The maximum Gasteiger partial charge on any atom is 0.306 e. The summed E-state index contributed by atoms with van der Waals surface area (Å²) in [7, 11) is -0.791. The SMILES string of the molecule is CN(C)S(=O)(=O)c1ccc(COC(=O)CCCc2nc3ccccc3s2)o1. The fraction of sp³-hybridized carbons (Fsp3) is 0.333.